The van der Waals surface area contributed by atoms with E-state index in [9.17, 15) is 18.8 Å². The van der Waals surface area contributed by atoms with Crippen LogP contribution in [0.5, 0.6) is 0 Å². The van der Waals surface area contributed by atoms with E-state index in [4.69, 9.17) is 4.74 Å². The first-order valence-electron chi connectivity index (χ1n) is 5.94. The smallest absolute Gasteiger partial charge is 0.338 e. The molecule has 1 atom stereocenters. The van der Waals surface area contributed by atoms with Crippen molar-refractivity contribution in [2.75, 3.05) is 11.9 Å². The second-order valence-electron chi connectivity index (χ2n) is 3.88. The van der Waals surface area contributed by atoms with Gasteiger partial charge in [-0.25, -0.2) is 9.18 Å². The molecule has 0 unspecified atom stereocenters. The van der Waals surface area contributed by atoms with E-state index in [0.717, 1.165) is 12.1 Å². The monoisotopic (exact) mass is 282 g/mol. The van der Waals surface area contributed by atoms with Gasteiger partial charge >= 0.3 is 5.97 Å². The number of anilines is 1. The zero-order valence-electron chi connectivity index (χ0n) is 11.1. The minimum absolute atomic E-state index is 0.0821. The standard InChI is InChI=1S/C13H15FN2O4/c1-3-20-13(19)11(15-8(2)17)12(18)16-10-6-4-9(14)5-7-10/h4-7,11H,3H2,1-2H3,(H,15,17)(H,16,18)/t11-/m1/s1. The Bertz CT molecular complexity index is 502. The van der Waals surface area contributed by atoms with Crippen LogP contribution in [0.4, 0.5) is 10.1 Å². The molecular formula is C13H15FN2O4. The summed E-state index contributed by atoms with van der Waals surface area (Å²) >= 11 is 0. The van der Waals surface area contributed by atoms with Gasteiger partial charge in [0.15, 0.2) is 0 Å². The van der Waals surface area contributed by atoms with E-state index in [2.05, 4.69) is 10.6 Å². The molecule has 0 aliphatic carbocycles. The maximum atomic E-state index is 12.7. The predicted octanol–water partition coefficient (Wildman–Crippen LogP) is 0.832. The molecule has 0 radical (unpaired) electrons. The van der Waals surface area contributed by atoms with Crippen LogP contribution in [0.15, 0.2) is 24.3 Å². The van der Waals surface area contributed by atoms with Crippen LogP contribution in [-0.4, -0.2) is 30.4 Å². The first kappa shape index (κ1) is 15.6. The third-order valence-electron chi connectivity index (χ3n) is 2.24. The lowest BCUT2D eigenvalue weighted by molar-refractivity contribution is -0.149. The van der Waals surface area contributed by atoms with Crippen molar-refractivity contribution >= 4 is 23.5 Å². The summed E-state index contributed by atoms with van der Waals surface area (Å²) in [5.41, 5.74) is 0.302. The fraction of sp³-hybridized carbons (Fsp3) is 0.308. The number of esters is 1. The van der Waals surface area contributed by atoms with Gasteiger partial charge in [-0.3, -0.25) is 9.59 Å². The van der Waals surface area contributed by atoms with Gasteiger partial charge < -0.3 is 15.4 Å². The van der Waals surface area contributed by atoms with Gasteiger partial charge in [0.05, 0.1) is 6.61 Å². The van der Waals surface area contributed by atoms with E-state index in [1.807, 2.05) is 0 Å². The number of carbonyl (C=O) groups is 3. The number of rotatable bonds is 5. The third-order valence-corrected chi connectivity index (χ3v) is 2.24. The van der Waals surface area contributed by atoms with Crippen LogP contribution >= 0.6 is 0 Å². The summed E-state index contributed by atoms with van der Waals surface area (Å²) in [6, 6.07) is 3.55. The maximum absolute atomic E-state index is 12.7. The molecule has 0 aliphatic rings. The first-order chi connectivity index (χ1) is 9.43. The minimum Gasteiger partial charge on any atom is -0.464 e. The van der Waals surface area contributed by atoms with Gasteiger partial charge in [0.1, 0.15) is 5.82 Å². The maximum Gasteiger partial charge on any atom is 0.338 e. The molecule has 0 fully saturated rings. The molecule has 0 aromatic heterocycles. The summed E-state index contributed by atoms with van der Waals surface area (Å²) in [7, 11) is 0. The average molecular weight is 282 g/mol. The number of halogens is 1. The molecule has 1 rings (SSSR count). The molecule has 0 bridgehead atoms. The molecule has 0 spiro atoms. The van der Waals surface area contributed by atoms with Gasteiger partial charge in [-0.2, -0.15) is 0 Å². The van der Waals surface area contributed by atoms with Gasteiger partial charge in [0, 0.05) is 12.6 Å². The largest absolute Gasteiger partial charge is 0.464 e. The van der Waals surface area contributed by atoms with Crippen LogP contribution < -0.4 is 10.6 Å². The highest BCUT2D eigenvalue weighted by Crippen LogP contribution is 2.09. The number of benzene rings is 1. The van der Waals surface area contributed by atoms with Gasteiger partial charge in [0.25, 0.3) is 5.91 Å². The molecule has 6 nitrogen and oxygen atoms in total. The highest BCUT2D eigenvalue weighted by molar-refractivity contribution is 6.10. The Hall–Kier alpha value is -2.44. The van der Waals surface area contributed by atoms with Crippen molar-refractivity contribution in [2.24, 2.45) is 0 Å². The van der Waals surface area contributed by atoms with E-state index < -0.39 is 29.6 Å². The summed E-state index contributed by atoms with van der Waals surface area (Å²) in [6.07, 6.45) is 0. The van der Waals surface area contributed by atoms with Crippen molar-refractivity contribution in [1.29, 1.82) is 0 Å². The fourth-order valence-electron chi connectivity index (χ4n) is 1.41. The van der Waals surface area contributed by atoms with Crippen molar-refractivity contribution in [1.82, 2.24) is 5.32 Å². The molecule has 0 saturated carbocycles. The normalized spacial score (nSPS) is 11.3. The molecule has 0 aliphatic heterocycles. The van der Waals surface area contributed by atoms with E-state index in [-0.39, 0.29) is 6.61 Å². The lowest BCUT2D eigenvalue weighted by atomic mass is 10.2. The van der Waals surface area contributed by atoms with Gasteiger partial charge in [-0.1, -0.05) is 0 Å². The van der Waals surface area contributed by atoms with Crippen LogP contribution in [-0.2, 0) is 19.1 Å². The quantitative estimate of drug-likeness (QED) is 0.619. The Morgan fingerprint density at radius 2 is 1.85 bits per heavy atom. The highest BCUT2D eigenvalue weighted by atomic mass is 19.1. The number of carbonyl (C=O) groups excluding carboxylic acids is 3. The first-order valence-corrected chi connectivity index (χ1v) is 5.94. The molecule has 0 heterocycles. The van der Waals surface area contributed by atoms with E-state index >= 15 is 0 Å². The molecular weight excluding hydrogens is 267 g/mol. The van der Waals surface area contributed by atoms with Gasteiger partial charge in [-0.15, -0.1) is 0 Å². The second-order valence-corrected chi connectivity index (χ2v) is 3.88. The number of nitrogens with one attached hydrogen (secondary N) is 2. The Kier molecular flexibility index (Phi) is 5.64. The zero-order valence-corrected chi connectivity index (χ0v) is 11.1. The molecule has 20 heavy (non-hydrogen) atoms. The van der Waals surface area contributed by atoms with Crippen LogP contribution in [0.1, 0.15) is 13.8 Å². The van der Waals surface area contributed by atoms with Crippen molar-refractivity contribution in [3.8, 4) is 0 Å². The van der Waals surface area contributed by atoms with Crippen LogP contribution in [0.25, 0.3) is 0 Å². The molecule has 7 heteroatoms. The summed E-state index contributed by atoms with van der Waals surface area (Å²) in [5, 5.41) is 4.59. The van der Waals surface area contributed by atoms with Crippen LogP contribution in [0.2, 0.25) is 0 Å². The Balaban J connectivity index is 2.79. The Labute approximate surface area is 115 Å². The summed E-state index contributed by atoms with van der Waals surface area (Å²) in [4.78, 5) is 34.6. The minimum atomic E-state index is -1.45. The second kappa shape index (κ2) is 7.22. The molecule has 108 valence electrons. The molecule has 0 saturated heterocycles. The van der Waals surface area contributed by atoms with Gasteiger partial charge in [-0.05, 0) is 31.2 Å². The summed E-state index contributed by atoms with van der Waals surface area (Å²) < 4.78 is 17.4. The molecule has 1 aromatic rings. The van der Waals surface area contributed by atoms with Crippen molar-refractivity contribution < 1.29 is 23.5 Å². The number of ether oxygens (including phenoxy) is 1. The molecule has 2 amide bonds. The molecule has 1 aromatic carbocycles. The topological polar surface area (TPSA) is 84.5 Å². The lowest BCUT2D eigenvalue weighted by Gasteiger charge is -2.16. The highest BCUT2D eigenvalue weighted by Gasteiger charge is 2.28. The number of amides is 2. The van der Waals surface area contributed by atoms with E-state index in [1.54, 1.807) is 6.92 Å². The summed E-state index contributed by atoms with van der Waals surface area (Å²) in [5.74, 6) is -2.61. The lowest BCUT2D eigenvalue weighted by Crippen LogP contribution is -2.49. The average Bonchev–Trinajstić information content (AvgIpc) is 2.38. The number of hydrogen-bond acceptors (Lipinski definition) is 4. The van der Waals surface area contributed by atoms with Crippen molar-refractivity contribution in [3.05, 3.63) is 30.1 Å². The zero-order chi connectivity index (χ0) is 15.1. The SMILES string of the molecule is CCOC(=O)[C@H](NC(C)=O)C(=O)Nc1ccc(F)cc1. The molecule has 2 N–H and O–H groups in total. The van der Waals surface area contributed by atoms with Crippen LogP contribution in [0, 0.1) is 5.82 Å². The predicted molar refractivity (Wildman–Crippen MR) is 69.3 cm³/mol. The Morgan fingerprint density at radius 1 is 1.25 bits per heavy atom. The van der Waals surface area contributed by atoms with Crippen molar-refractivity contribution in [2.45, 2.75) is 19.9 Å². The third kappa shape index (κ3) is 4.68. The van der Waals surface area contributed by atoms with Gasteiger partial charge in [0.2, 0.25) is 11.9 Å². The van der Waals surface area contributed by atoms with E-state index in [1.165, 1.54) is 19.1 Å². The Morgan fingerprint density at radius 3 is 2.35 bits per heavy atom. The fourth-order valence-corrected chi connectivity index (χ4v) is 1.41. The summed E-state index contributed by atoms with van der Waals surface area (Å²) in [6.45, 7) is 2.84. The van der Waals surface area contributed by atoms with Crippen LogP contribution in [0.3, 0.4) is 0 Å². The van der Waals surface area contributed by atoms with E-state index in [0.29, 0.717) is 5.69 Å². The number of hydrogen-bond donors (Lipinski definition) is 2. The van der Waals surface area contributed by atoms with Crippen molar-refractivity contribution in [3.63, 3.8) is 0 Å².